The summed E-state index contributed by atoms with van der Waals surface area (Å²) >= 11 is 0. The lowest BCUT2D eigenvalue weighted by Crippen LogP contribution is -2.19. The Morgan fingerprint density at radius 3 is 1.95 bits per heavy atom. The van der Waals surface area contributed by atoms with E-state index in [0.717, 1.165) is 0 Å². The van der Waals surface area contributed by atoms with E-state index in [1.54, 1.807) is 43.6 Å². The second-order valence-corrected chi connectivity index (χ2v) is 3.70. The van der Waals surface area contributed by atoms with Crippen LogP contribution in [0.1, 0.15) is 20.7 Å². The third-order valence-electron chi connectivity index (χ3n) is 2.49. The van der Waals surface area contributed by atoms with Crippen LogP contribution in [0.15, 0.2) is 48.7 Å². The average molecular weight is 256 g/mol. The number of pyridine rings is 1. The molecule has 5 nitrogen and oxygen atoms in total. The number of methoxy groups -OCH3 is 1. The summed E-state index contributed by atoms with van der Waals surface area (Å²) in [4.78, 5) is 25.8. The molecule has 5 heteroatoms. The molecule has 0 aliphatic carbocycles. The van der Waals surface area contributed by atoms with E-state index in [0.29, 0.717) is 17.0 Å². The van der Waals surface area contributed by atoms with E-state index in [4.69, 9.17) is 4.74 Å². The fourth-order valence-electron chi connectivity index (χ4n) is 1.58. The van der Waals surface area contributed by atoms with Gasteiger partial charge in [-0.15, -0.1) is 0 Å². The predicted octanol–water partition coefficient (Wildman–Crippen LogP) is 1.66. The fourth-order valence-corrected chi connectivity index (χ4v) is 1.58. The summed E-state index contributed by atoms with van der Waals surface area (Å²) in [6, 6.07) is 12.3. The minimum Gasteiger partial charge on any atom is -0.481 e. The van der Waals surface area contributed by atoms with Crippen molar-refractivity contribution in [3.8, 4) is 5.88 Å². The molecule has 2 amide bonds. The maximum atomic E-state index is 10.9. The summed E-state index contributed by atoms with van der Waals surface area (Å²) in [5.41, 5.74) is 0.940. The van der Waals surface area contributed by atoms with Crippen molar-refractivity contribution in [3.63, 3.8) is 0 Å². The van der Waals surface area contributed by atoms with Gasteiger partial charge in [-0.1, -0.05) is 18.2 Å². The first-order chi connectivity index (χ1) is 9.22. The van der Waals surface area contributed by atoms with Gasteiger partial charge in [-0.05, 0) is 18.2 Å². The highest BCUT2D eigenvalue weighted by atomic mass is 16.5. The molecule has 0 saturated heterocycles. The van der Waals surface area contributed by atoms with Crippen LogP contribution in [0.2, 0.25) is 0 Å². The lowest BCUT2D eigenvalue weighted by Gasteiger charge is -1.92. The summed E-state index contributed by atoms with van der Waals surface area (Å²) in [6.07, 6.45) is 1.69. The third kappa shape index (κ3) is 2.95. The van der Waals surface area contributed by atoms with E-state index in [-0.39, 0.29) is 11.8 Å². The summed E-state index contributed by atoms with van der Waals surface area (Å²) in [5, 5.41) is 2.20. The minimum atomic E-state index is -0.300. The number of nitrogens with one attached hydrogen (secondary N) is 1. The van der Waals surface area contributed by atoms with Gasteiger partial charge in [0.1, 0.15) is 0 Å². The number of aromatic nitrogens is 1. The molecule has 0 saturated carbocycles. The van der Waals surface area contributed by atoms with Crippen LogP contribution < -0.4 is 10.1 Å². The molecule has 1 aromatic carbocycles. The van der Waals surface area contributed by atoms with E-state index in [1.165, 1.54) is 0 Å². The van der Waals surface area contributed by atoms with Gasteiger partial charge in [0.25, 0.3) is 11.8 Å². The van der Waals surface area contributed by atoms with Gasteiger partial charge in [0, 0.05) is 12.3 Å². The normalized spacial score (nSPS) is 12.1. The van der Waals surface area contributed by atoms with Crippen molar-refractivity contribution in [1.82, 2.24) is 10.3 Å². The van der Waals surface area contributed by atoms with E-state index in [1.807, 2.05) is 12.1 Å². The van der Waals surface area contributed by atoms with Crippen molar-refractivity contribution in [2.24, 2.45) is 0 Å². The van der Waals surface area contributed by atoms with Gasteiger partial charge in [0.15, 0.2) is 0 Å². The quantitative estimate of drug-likeness (QED) is 0.788. The minimum absolute atomic E-state index is 0.300. The average Bonchev–Trinajstić information content (AvgIpc) is 2.76. The zero-order valence-electron chi connectivity index (χ0n) is 10.3. The summed E-state index contributed by atoms with van der Waals surface area (Å²) in [5.74, 6) is 0.0590. The maximum absolute atomic E-state index is 10.9. The Kier molecular flexibility index (Phi) is 3.87. The van der Waals surface area contributed by atoms with Crippen LogP contribution in [0.4, 0.5) is 0 Å². The smallest absolute Gasteiger partial charge is 0.258 e. The SMILES string of the molecule is COc1ccccn1.O=C1NC(=O)c2ccccc21. The van der Waals surface area contributed by atoms with Gasteiger partial charge in [0.2, 0.25) is 5.88 Å². The monoisotopic (exact) mass is 256 g/mol. The Morgan fingerprint density at radius 2 is 1.53 bits per heavy atom. The zero-order chi connectivity index (χ0) is 13.7. The van der Waals surface area contributed by atoms with Gasteiger partial charge >= 0.3 is 0 Å². The van der Waals surface area contributed by atoms with Crippen LogP contribution in [0.3, 0.4) is 0 Å². The number of carbonyl (C=O) groups excluding carboxylic acids is 2. The molecule has 19 heavy (non-hydrogen) atoms. The van der Waals surface area contributed by atoms with Crippen LogP contribution >= 0.6 is 0 Å². The summed E-state index contributed by atoms with van der Waals surface area (Å²) in [7, 11) is 1.60. The number of hydrogen-bond donors (Lipinski definition) is 1. The Hall–Kier alpha value is -2.69. The molecule has 1 N–H and O–H groups in total. The molecule has 2 heterocycles. The number of nitrogens with zero attached hydrogens (tertiary/aromatic N) is 1. The van der Waals surface area contributed by atoms with Crippen molar-refractivity contribution in [1.29, 1.82) is 0 Å². The molecule has 2 aromatic rings. The topological polar surface area (TPSA) is 68.3 Å². The van der Waals surface area contributed by atoms with E-state index in [9.17, 15) is 9.59 Å². The van der Waals surface area contributed by atoms with E-state index >= 15 is 0 Å². The molecule has 0 atom stereocenters. The predicted molar refractivity (Wildman–Crippen MR) is 69.0 cm³/mol. The lowest BCUT2D eigenvalue weighted by atomic mass is 10.1. The number of imide groups is 1. The molecule has 3 rings (SSSR count). The number of benzene rings is 1. The molecule has 1 aliphatic heterocycles. The Bertz CT molecular complexity index is 564. The number of fused-ring (bicyclic) bond motifs is 1. The molecule has 0 fully saturated rings. The molecule has 0 bridgehead atoms. The van der Waals surface area contributed by atoms with Gasteiger partial charge in [0.05, 0.1) is 18.2 Å². The summed E-state index contributed by atoms with van der Waals surface area (Å²) < 4.78 is 4.80. The van der Waals surface area contributed by atoms with Gasteiger partial charge in [-0.25, -0.2) is 4.98 Å². The second kappa shape index (κ2) is 5.77. The number of ether oxygens (including phenoxy) is 1. The number of amides is 2. The largest absolute Gasteiger partial charge is 0.481 e. The second-order valence-electron chi connectivity index (χ2n) is 3.70. The molecule has 0 unspecified atom stereocenters. The molecular weight excluding hydrogens is 244 g/mol. The Labute approximate surface area is 110 Å². The first kappa shape index (κ1) is 12.8. The van der Waals surface area contributed by atoms with Crippen molar-refractivity contribution in [2.75, 3.05) is 7.11 Å². The zero-order valence-corrected chi connectivity index (χ0v) is 10.3. The van der Waals surface area contributed by atoms with Crippen LogP contribution in [0.25, 0.3) is 0 Å². The molecule has 1 aliphatic rings. The highest BCUT2D eigenvalue weighted by molar-refractivity contribution is 6.21. The van der Waals surface area contributed by atoms with Crippen LogP contribution in [0, 0.1) is 0 Å². The van der Waals surface area contributed by atoms with Crippen LogP contribution in [-0.4, -0.2) is 23.9 Å². The third-order valence-corrected chi connectivity index (χ3v) is 2.49. The first-order valence-corrected chi connectivity index (χ1v) is 5.62. The Balaban J connectivity index is 0.000000148. The summed E-state index contributed by atoms with van der Waals surface area (Å²) in [6.45, 7) is 0. The van der Waals surface area contributed by atoms with Crippen LogP contribution in [-0.2, 0) is 0 Å². The van der Waals surface area contributed by atoms with E-state index in [2.05, 4.69) is 10.3 Å². The first-order valence-electron chi connectivity index (χ1n) is 5.62. The molecule has 0 radical (unpaired) electrons. The van der Waals surface area contributed by atoms with Crippen LogP contribution in [0.5, 0.6) is 5.88 Å². The molecule has 96 valence electrons. The van der Waals surface area contributed by atoms with Crippen molar-refractivity contribution < 1.29 is 14.3 Å². The molecule has 0 spiro atoms. The fraction of sp³-hybridized carbons (Fsp3) is 0.0714. The van der Waals surface area contributed by atoms with Crippen molar-refractivity contribution in [3.05, 3.63) is 59.8 Å². The van der Waals surface area contributed by atoms with Crippen molar-refractivity contribution in [2.45, 2.75) is 0 Å². The number of hydrogen-bond acceptors (Lipinski definition) is 4. The van der Waals surface area contributed by atoms with Gasteiger partial charge < -0.3 is 4.74 Å². The van der Waals surface area contributed by atoms with Gasteiger partial charge in [-0.2, -0.15) is 0 Å². The van der Waals surface area contributed by atoms with Crippen molar-refractivity contribution >= 4 is 11.8 Å². The number of carbonyl (C=O) groups is 2. The van der Waals surface area contributed by atoms with E-state index < -0.39 is 0 Å². The van der Waals surface area contributed by atoms with Gasteiger partial charge in [-0.3, -0.25) is 14.9 Å². The molecular formula is C14H12N2O3. The highest BCUT2D eigenvalue weighted by Crippen LogP contribution is 2.13. The Morgan fingerprint density at radius 1 is 0.947 bits per heavy atom. The number of rotatable bonds is 1. The molecule has 1 aromatic heterocycles. The maximum Gasteiger partial charge on any atom is 0.258 e. The highest BCUT2D eigenvalue weighted by Gasteiger charge is 2.25. The standard InChI is InChI=1S/C8H5NO2.C6H7NO/c10-7-5-3-1-2-4-6(5)8(11)9-7;1-8-6-4-2-3-5-7-6/h1-4H,(H,9,10,11);2-5H,1H3. The lowest BCUT2D eigenvalue weighted by molar-refractivity contribution is 0.0879.